The fourth-order valence-electron chi connectivity index (χ4n) is 2.61. The van der Waals surface area contributed by atoms with Crippen LogP contribution in [0.3, 0.4) is 0 Å². The summed E-state index contributed by atoms with van der Waals surface area (Å²) < 4.78 is 44.3. The molecule has 0 radical (unpaired) electrons. The van der Waals surface area contributed by atoms with E-state index in [-0.39, 0.29) is 21.8 Å². The van der Waals surface area contributed by atoms with E-state index in [2.05, 4.69) is 21.2 Å². The van der Waals surface area contributed by atoms with E-state index in [9.17, 15) is 22.9 Å². The van der Waals surface area contributed by atoms with Crippen LogP contribution in [0.25, 0.3) is 6.08 Å². The SMILES string of the molecule is Cc1ccc(S(=O)(=O)Oc2ccc(Br)cc2/C=C(\C#N)C(=O)Nc2ccc(F)cc2)cc1. The summed E-state index contributed by atoms with van der Waals surface area (Å²) >= 11 is 3.29. The van der Waals surface area contributed by atoms with E-state index in [1.807, 2.05) is 6.92 Å². The number of carbonyl (C=O) groups is 1. The van der Waals surface area contributed by atoms with E-state index in [0.717, 1.165) is 5.56 Å². The van der Waals surface area contributed by atoms with Crippen LogP contribution in [0.15, 0.2) is 81.7 Å². The van der Waals surface area contributed by atoms with Crippen molar-refractivity contribution in [2.75, 3.05) is 5.32 Å². The van der Waals surface area contributed by atoms with E-state index in [1.54, 1.807) is 24.3 Å². The molecule has 0 aliphatic rings. The number of amides is 1. The van der Waals surface area contributed by atoms with Crippen LogP contribution in [0.4, 0.5) is 10.1 Å². The van der Waals surface area contributed by atoms with Crippen molar-refractivity contribution >= 4 is 43.7 Å². The van der Waals surface area contributed by atoms with Crippen molar-refractivity contribution in [3.05, 3.63) is 93.7 Å². The first-order valence-electron chi connectivity index (χ1n) is 9.17. The molecule has 0 atom stereocenters. The van der Waals surface area contributed by atoms with Gasteiger partial charge < -0.3 is 9.50 Å². The van der Waals surface area contributed by atoms with E-state index in [4.69, 9.17) is 4.18 Å². The van der Waals surface area contributed by atoms with Crippen molar-refractivity contribution in [3.8, 4) is 11.8 Å². The molecule has 0 saturated heterocycles. The van der Waals surface area contributed by atoms with Crippen molar-refractivity contribution < 1.29 is 21.8 Å². The average Bonchev–Trinajstić information content (AvgIpc) is 2.75. The Balaban J connectivity index is 1.93. The molecule has 3 aromatic carbocycles. The first-order valence-corrected chi connectivity index (χ1v) is 11.4. The molecule has 6 nitrogen and oxygen atoms in total. The summed E-state index contributed by atoms with van der Waals surface area (Å²) in [4.78, 5) is 12.5. The molecule has 3 aromatic rings. The Morgan fingerprint density at radius 3 is 2.38 bits per heavy atom. The van der Waals surface area contributed by atoms with Gasteiger partial charge in [-0.3, -0.25) is 4.79 Å². The van der Waals surface area contributed by atoms with Crippen LogP contribution in [-0.4, -0.2) is 14.3 Å². The monoisotopic (exact) mass is 514 g/mol. The topological polar surface area (TPSA) is 96.3 Å². The highest BCUT2D eigenvalue weighted by atomic mass is 79.9. The van der Waals surface area contributed by atoms with E-state index < -0.39 is 21.8 Å². The normalized spacial score (nSPS) is 11.5. The minimum Gasteiger partial charge on any atom is -0.378 e. The fraction of sp³-hybridized carbons (Fsp3) is 0.0435. The maximum absolute atomic E-state index is 13.1. The third-order valence-corrected chi connectivity index (χ3v) is 5.99. The molecule has 162 valence electrons. The Morgan fingerprint density at radius 1 is 1.09 bits per heavy atom. The first-order chi connectivity index (χ1) is 15.2. The predicted molar refractivity (Wildman–Crippen MR) is 122 cm³/mol. The Kier molecular flexibility index (Phi) is 7.08. The molecule has 0 aliphatic carbocycles. The van der Waals surface area contributed by atoms with Gasteiger partial charge in [0.05, 0.1) is 0 Å². The molecule has 1 amide bonds. The molecule has 0 aromatic heterocycles. The van der Waals surface area contributed by atoms with Crippen molar-refractivity contribution in [3.63, 3.8) is 0 Å². The molecule has 0 saturated carbocycles. The molecule has 32 heavy (non-hydrogen) atoms. The van der Waals surface area contributed by atoms with Crippen molar-refractivity contribution in [2.24, 2.45) is 0 Å². The number of rotatable bonds is 6. The number of carbonyl (C=O) groups excluding carboxylic acids is 1. The Morgan fingerprint density at radius 2 is 1.75 bits per heavy atom. The lowest BCUT2D eigenvalue weighted by molar-refractivity contribution is -0.112. The van der Waals surface area contributed by atoms with Gasteiger partial charge in [-0.15, -0.1) is 0 Å². The lowest BCUT2D eigenvalue weighted by Gasteiger charge is -2.11. The molecule has 3 rings (SSSR count). The van der Waals surface area contributed by atoms with Crippen LogP contribution >= 0.6 is 15.9 Å². The quantitative estimate of drug-likeness (QED) is 0.276. The molecule has 9 heteroatoms. The smallest absolute Gasteiger partial charge is 0.339 e. The van der Waals surface area contributed by atoms with Gasteiger partial charge in [-0.1, -0.05) is 33.6 Å². The van der Waals surface area contributed by atoms with Gasteiger partial charge in [0.15, 0.2) is 0 Å². The zero-order valence-electron chi connectivity index (χ0n) is 16.7. The standard InChI is InChI=1S/C23H16BrFN2O4S/c1-15-2-9-21(10-3-15)32(29,30)31-22-11-4-18(24)13-16(22)12-17(14-26)23(28)27-20-7-5-19(25)6-8-20/h2-13H,1H3,(H,27,28)/b17-12+. The summed E-state index contributed by atoms with van der Waals surface area (Å²) in [6, 6.07) is 17.5. The number of halogens is 2. The summed E-state index contributed by atoms with van der Waals surface area (Å²) in [6.07, 6.45) is 1.21. The second kappa shape index (κ2) is 9.77. The summed E-state index contributed by atoms with van der Waals surface area (Å²) in [5, 5.41) is 12.0. The fourth-order valence-corrected chi connectivity index (χ4v) is 3.95. The number of benzene rings is 3. The number of hydrogen-bond acceptors (Lipinski definition) is 5. The molecular formula is C23H16BrFN2O4S. The number of anilines is 1. The van der Waals surface area contributed by atoms with Gasteiger partial charge in [0.25, 0.3) is 5.91 Å². The van der Waals surface area contributed by atoms with E-state index in [1.165, 1.54) is 54.6 Å². The number of nitrogens with zero attached hydrogens (tertiary/aromatic N) is 1. The van der Waals surface area contributed by atoms with Crippen LogP contribution in [0.2, 0.25) is 0 Å². The summed E-state index contributed by atoms with van der Waals surface area (Å²) in [5.74, 6) is -1.27. The molecule has 1 N–H and O–H groups in total. The van der Waals surface area contributed by atoms with Gasteiger partial charge in [0, 0.05) is 15.7 Å². The van der Waals surface area contributed by atoms with Gasteiger partial charge >= 0.3 is 10.1 Å². The molecular weight excluding hydrogens is 499 g/mol. The zero-order chi connectivity index (χ0) is 23.3. The Labute approximate surface area is 193 Å². The third kappa shape index (κ3) is 5.81. The van der Waals surface area contributed by atoms with Gasteiger partial charge in [-0.25, -0.2) is 4.39 Å². The second-order valence-electron chi connectivity index (χ2n) is 6.66. The average molecular weight is 515 g/mol. The Bertz CT molecular complexity index is 1330. The van der Waals surface area contributed by atoms with Crippen LogP contribution < -0.4 is 9.50 Å². The summed E-state index contributed by atoms with van der Waals surface area (Å²) in [6.45, 7) is 1.83. The highest BCUT2D eigenvalue weighted by Gasteiger charge is 2.19. The first kappa shape index (κ1) is 23.2. The van der Waals surface area contributed by atoms with Crippen LogP contribution in [0.5, 0.6) is 5.75 Å². The Hall–Kier alpha value is -3.48. The molecule has 0 bridgehead atoms. The zero-order valence-corrected chi connectivity index (χ0v) is 19.1. The maximum Gasteiger partial charge on any atom is 0.339 e. The van der Waals surface area contributed by atoms with Crippen molar-refractivity contribution in [1.82, 2.24) is 0 Å². The van der Waals surface area contributed by atoms with Crippen LogP contribution in [0.1, 0.15) is 11.1 Å². The van der Waals surface area contributed by atoms with Gasteiger partial charge in [0.1, 0.15) is 28.1 Å². The largest absolute Gasteiger partial charge is 0.378 e. The minimum absolute atomic E-state index is 0.0319. The number of aryl methyl sites for hydroxylation is 1. The highest BCUT2D eigenvalue weighted by molar-refractivity contribution is 9.10. The predicted octanol–water partition coefficient (Wildman–Crippen LogP) is 5.21. The molecule has 0 aliphatic heterocycles. The molecule has 0 heterocycles. The van der Waals surface area contributed by atoms with Crippen LogP contribution in [0, 0.1) is 24.1 Å². The third-order valence-electron chi connectivity index (χ3n) is 4.25. The van der Waals surface area contributed by atoms with E-state index in [0.29, 0.717) is 10.2 Å². The summed E-state index contributed by atoms with van der Waals surface area (Å²) in [5.41, 5.74) is 1.08. The molecule has 0 spiro atoms. The number of nitrogens with one attached hydrogen (secondary N) is 1. The van der Waals surface area contributed by atoms with Crippen LogP contribution in [-0.2, 0) is 14.9 Å². The maximum atomic E-state index is 13.1. The van der Waals surface area contributed by atoms with Gasteiger partial charge in [0.2, 0.25) is 0 Å². The van der Waals surface area contributed by atoms with Crippen molar-refractivity contribution in [2.45, 2.75) is 11.8 Å². The summed E-state index contributed by atoms with van der Waals surface area (Å²) in [7, 11) is -4.14. The van der Waals surface area contributed by atoms with Crippen molar-refractivity contribution in [1.29, 1.82) is 5.26 Å². The number of nitriles is 1. The second-order valence-corrected chi connectivity index (χ2v) is 9.13. The van der Waals surface area contributed by atoms with Gasteiger partial charge in [-0.05, 0) is 67.6 Å². The van der Waals surface area contributed by atoms with Gasteiger partial charge in [-0.2, -0.15) is 13.7 Å². The van der Waals surface area contributed by atoms with E-state index >= 15 is 0 Å². The lowest BCUT2D eigenvalue weighted by Crippen LogP contribution is -2.14. The minimum atomic E-state index is -4.14. The molecule has 0 unspecified atom stereocenters. The lowest BCUT2D eigenvalue weighted by atomic mass is 10.1. The molecule has 0 fully saturated rings. The number of hydrogen-bond donors (Lipinski definition) is 1. The highest BCUT2D eigenvalue weighted by Crippen LogP contribution is 2.29.